The van der Waals surface area contributed by atoms with Crippen LogP contribution in [0.2, 0.25) is 0 Å². The van der Waals surface area contributed by atoms with Crippen LogP contribution < -0.4 is 11.2 Å². The monoisotopic (exact) mass is 372 g/mol. The molecule has 0 aliphatic heterocycles. The fourth-order valence-electron chi connectivity index (χ4n) is 2.21. The van der Waals surface area contributed by atoms with Crippen LogP contribution in [0, 0.1) is 0 Å². The molecular formula is C15H16N8O2S. The van der Waals surface area contributed by atoms with E-state index in [4.69, 9.17) is 5.73 Å². The van der Waals surface area contributed by atoms with Crippen LogP contribution in [0.5, 0.6) is 0 Å². The lowest BCUT2D eigenvalue weighted by Gasteiger charge is -2.02. The summed E-state index contributed by atoms with van der Waals surface area (Å²) in [6.45, 7) is 1.85. The SMILES string of the molecule is CCc1c(C(=O)NN=Cc2ccc(SC)cc2)nnn1-c1nonc1N. The van der Waals surface area contributed by atoms with Crippen LogP contribution in [0.1, 0.15) is 28.7 Å². The molecule has 0 aliphatic rings. The second-order valence-electron chi connectivity index (χ2n) is 5.10. The third-order valence-corrected chi connectivity index (χ3v) is 4.25. The molecule has 0 bridgehead atoms. The maximum absolute atomic E-state index is 12.3. The Bertz CT molecular complexity index is 932. The van der Waals surface area contributed by atoms with Crippen molar-refractivity contribution in [3.8, 4) is 5.82 Å². The highest BCUT2D eigenvalue weighted by Crippen LogP contribution is 2.16. The molecule has 11 heteroatoms. The first-order valence-electron chi connectivity index (χ1n) is 7.64. The van der Waals surface area contributed by atoms with Gasteiger partial charge in [-0.2, -0.15) is 9.78 Å². The summed E-state index contributed by atoms with van der Waals surface area (Å²) >= 11 is 1.65. The van der Waals surface area contributed by atoms with Gasteiger partial charge in [0, 0.05) is 4.90 Å². The molecule has 134 valence electrons. The highest BCUT2D eigenvalue weighted by Gasteiger charge is 2.22. The van der Waals surface area contributed by atoms with Gasteiger partial charge in [-0.05, 0) is 40.7 Å². The Morgan fingerprint density at radius 1 is 1.38 bits per heavy atom. The van der Waals surface area contributed by atoms with E-state index in [1.54, 1.807) is 18.0 Å². The Labute approximate surface area is 152 Å². The van der Waals surface area contributed by atoms with E-state index in [0.717, 1.165) is 10.5 Å². The average Bonchev–Trinajstić information content (AvgIpc) is 3.27. The van der Waals surface area contributed by atoms with Crippen LogP contribution in [-0.2, 0) is 6.42 Å². The molecule has 0 saturated heterocycles. The van der Waals surface area contributed by atoms with Crippen molar-refractivity contribution < 1.29 is 9.42 Å². The summed E-state index contributed by atoms with van der Waals surface area (Å²) in [4.78, 5) is 13.5. The number of amides is 1. The van der Waals surface area contributed by atoms with Gasteiger partial charge in [-0.3, -0.25) is 4.79 Å². The molecule has 2 heterocycles. The quantitative estimate of drug-likeness (QED) is 0.375. The third-order valence-electron chi connectivity index (χ3n) is 3.50. The first kappa shape index (κ1) is 17.6. The molecule has 3 N–H and O–H groups in total. The lowest BCUT2D eigenvalue weighted by molar-refractivity contribution is 0.0949. The van der Waals surface area contributed by atoms with Gasteiger partial charge in [-0.1, -0.05) is 24.3 Å². The Kier molecular flexibility index (Phi) is 5.27. The number of nitrogens with one attached hydrogen (secondary N) is 1. The Morgan fingerprint density at radius 3 is 2.77 bits per heavy atom. The molecule has 0 unspecified atom stereocenters. The zero-order chi connectivity index (χ0) is 18.5. The summed E-state index contributed by atoms with van der Waals surface area (Å²) in [5.74, 6) is -0.242. The number of nitrogens with two attached hydrogens (primary N) is 1. The number of hydrazone groups is 1. The lowest BCUT2D eigenvalue weighted by atomic mass is 10.2. The predicted octanol–water partition coefficient (Wildman–Crippen LogP) is 1.28. The smallest absolute Gasteiger partial charge is 0.293 e. The second kappa shape index (κ2) is 7.78. The van der Waals surface area contributed by atoms with Crippen LogP contribution in [0.4, 0.5) is 5.82 Å². The Hall–Kier alpha value is -3.21. The molecule has 1 amide bonds. The molecule has 3 rings (SSSR count). The van der Waals surface area contributed by atoms with Crippen molar-refractivity contribution in [3.63, 3.8) is 0 Å². The molecule has 0 aliphatic carbocycles. The highest BCUT2D eigenvalue weighted by molar-refractivity contribution is 7.98. The number of aromatic nitrogens is 5. The fraction of sp³-hybridized carbons (Fsp3) is 0.200. The molecular weight excluding hydrogens is 356 g/mol. The van der Waals surface area contributed by atoms with Crippen LogP contribution in [0.3, 0.4) is 0 Å². The van der Waals surface area contributed by atoms with E-state index in [1.807, 2.05) is 37.4 Å². The van der Waals surface area contributed by atoms with Gasteiger partial charge < -0.3 is 5.73 Å². The topological polar surface area (TPSA) is 137 Å². The summed E-state index contributed by atoms with van der Waals surface area (Å²) < 4.78 is 5.89. The number of benzene rings is 1. The standard InChI is InChI=1S/C15H16N8O2S/c1-3-11-12(18-22-23(11)14-13(16)20-25-21-14)15(24)19-17-8-9-4-6-10(26-2)7-5-9/h4-8H,3H2,1-2H3,(H2,16,20)(H,19,24). The summed E-state index contributed by atoms with van der Waals surface area (Å²) in [6.07, 6.45) is 4.03. The highest BCUT2D eigenvalue weighted by atomic mass is 32.2. The number of carbonyl (C=O) groups is 1. The summed E-state index contributed by atoms with van der Waals surface area (Å²) in [5.41, 5.74) is 9.62. The minimum atomic E-state index is -0.486. The van der Waals surface area contributed by atoms with E-state index >= 15 is 0 Å². The third kappa shape index (κ3) is 3.57. The van der Waals surface area contributed by atoms with Gasteiger partial charge in [-0.25, -0.2) is 10.1 Å². The molecule has 0 atom stereocenters. The van der Waals surface area contributed by atoms with Crippen molar-refractivity contribution in [2.45, 2.75) is 18.2 Å². The molecule has 0 saturated carbocycles. The number of anilines is 1. The van der Waals surface area contributed by atoms with Gasteiger partial charge >= 0.3 is 0 Å². The largest absolute Gasteiger partial charge is 0.378 e. The zero-order valence-corrected chi connectivity index (χ0v) is 14.9. The lowest BCUT2D eigenvalue weighted by Crippen LogP contribution is -2.20. The van der Waals surface area contributed by atoms with Gasteiger partial charge in [0.15, 0.2) is 5.69 Å². The van der Waals surface area contributed by atoms with Crippen LogP contribution in [-0.4, -0.2) is 43.7 Å². The number of carbonyl (C=O) groups excluding carboxylic acids is 1. The molecule has 10 nitrogen and oxygen atoms in total. The summed E-state index contributed by atoms with van der Waals surface area (Å²) in [5, 5.41) is 18.9. The van der Waals surface area contributed by atoms with E-state index in [2.05, 4.69) is 35.8 Å². The normalized spacial score (nSPS) is 11.2. The number of rotatable bonds is 6. The van der Waals surface area contributed by atoms with Gasteiger partial charge in [0.2, 0.25) is 11.6 Å². The van der Waals surface area contributed by atoms with E-state index in [0.29, 0.717) is 12.1 Å². The van der Waals surface area contributed by atoms with Crippen molar-refractivity contribution in [2.24, 2.45) is 5.10 Å². The maximum atomic E-state index is 12.3. The number of thioether (sulfide) groups is 1. The number of hydrogen-bond acceptors (Lipinski definition) is 9. The van der Waals surface area contributed by atoms with Gasteiger partial charge in [0.1, 0.15) is 0 Å². The number of hydrogen-bond donors (Lipinski definition) is 2. The van der Waals surface area contributed by atoms with Crippen LogP contribution in [0.25, 0.3) is 5.82 Å². The van der Waals surface area contributed by atoms with Gasteiger partial charge in [-0.15, -0.1) is 16.9 Å². The van der Waals surface area contributed by atoms with Crippen LogP contribution in [0.15, 0.2) is 38.9 Å². The molecule has 3 aromatic rings. The van der Waals surface area contributed by atoms with Crippen molar-refractivity contribution in [1.29, 1.82) is 0 Å². The van der Waals surface area contributed by atoms with Crippen molar-refractivity contribution >= 4 is 29.7 Å². The summed E-state index contributed by atoms with van der Waals surface area (Å²) in [7, 11) is 0. The molecule has 0 radical (unpaired) electrons. The first-order chi connectivity index (χ1) is 12.6. The first-order valence-corrected chi connectivity index (χ1v) is 8.87. The second-order valence-corrected chi connectivity index (χ2v) is 5.98. The van der Waals surface area contributed by atoms with Crippen molar-refractivity contribution in [3.05, 3.63) is 41.2 Å². The number of nitrogen functional groups attached to an aromatic ring is 1. The Balaban J connectivity index is 1.74. The molecule has 26 heavy (non-hydrogen) atoms. The number of nitrogens with zero attached hydrogens (tertiary/aromatic N) is 6. The van der Waals surface area contributed by atoms with Crippen LogP contribution >= 0.6 is 11.8 Å². The Morgan fingerprint density at radius 2 is 2.15 bits per heavy atom. The van der Waals surface area contributed by atoms with Gasteiger partial charge in [0.25, 0.3) is 5.91 Å². The van der Waals surface area contributed by atoms with E-state index in [9.17, 15) is 4.79 Å². The van der Waals surface area contributed by atoms with Crippen molar-refractivity contribution in [1.82, 2.24) is 30.7 Å². The minimum absolute atomic E-state index is 0.0586. The summed E-state index contributed by atoms with van der Waals surface area (Å²) in [6, 6.07) is 7.78. The molecule has 0 fully saturated rings. The predicted molar refractivity (Wildman–Crippen MR) is 96.3 cm³/mol. The molecule has 2 aromatic heterocycles. The maximum Gasteiger partial charge on any atom is 0.293 e. The van der Waals surface area contributed by atoms with Crippen molar-refractivity contribution in [2.75, 3.05) is 12.0 Å². The van der Waals surface area contributed by atoms with E-state index < -0.39 is 5.91 Å². The minimum Gasteiger partial charge on any atom is -0.378 e. The van der Waals surface area contributed by atoms with E-state index in [1.165, 1.54) is 4.68 Å². The molecule has 1 aromatic carbocycles. The zero-order valence-electron chi connectivity index (χ0n) is 14.1. The van der Waals surface area contributed by atoms with E-state index in [-0.39, 0.29) is 17.3 Å². The average molecular weight is 372 g/mol. The fourth-order valence-corrected chi connectivity index (χ4v) is 2.62. The molecule has 0 spiro atoms. The van der Waals surface area contributed by atoms with Gasteiger partial charge in [0.05, 0.1) is 11.9 Å².